The summed E-state index contributed by atoms with van der Waals surface area (Å²) in [6.45, 7) is 4.24. The molecule has 2 N–H and O–H groups in total. The highest BCUT2D eigenvalue weighted by Gasteiger charge is 2.18. The minimum Gasteiger partial charge on any atom is -0.385 e. The Morgan fingerprint density at radius 3 is 2.92 bits per heavy atom. The lowest BCUT2D eigenvalue weighted by Crippen LogP contribution is -2.22. The van der Waals surface area contributed by atoms with Crippen molar-refractivity contribution in [1.82, 2.24) is 10.3 Å². The van der Waals surface area contributed by atoms with Gasteiger partial charge in [0.25, 0.3) is 0 Å². The summed E-state index contributed by atoms with van der Waals surface area (Å²) in [5, 5.41) is 7.31. The van der Waals surface area contributed by atoms with Gasteiger partial charge in [0.2, 0.25) is 0 Å². The van der Waals surface area contributed by atoms with Crippen molar-refractivity contribution >= 4 is 11.5 Å². The first kappa shape index (κ1) is 15.5. The number of anilines is 2. The van der Waals surface area contributed by atoms with Crippen LogP contribution >= 0.6 is 0 Å². The highest BCUT2D eigenvalue weighted by molar-refractivity contribution is 5.53. The minimum absolute atomic E-state index is 0.416. The van der Waals surface area contributed by atoms with Crippen LogP contribution in [0.2, 0.25) is 0 Å². The molecule has 24 heavy (non-hydrogen) atoms. The number of benzene rings is 1. The molecule has 0 aliphatic carbocycles. The van der Waals surface area contributed by atoms with Crippen molar-refractivity contribution in [2.75, 3.05) is 29.9 Å². The van der Waals surface area contributed by atoms with E-state index >= 15 is 0 Å². The Bertz CT molecular complexity index is 679. The largest absolute Gasteiger partial charge is 0.385 e. The molecule has 1 aromatic carbocycles. The molecule has 2 aromatic rings. The van der Waals surface area contributed by atoms with E-state index in [-0.39, 0.29) is 0 Å². The number of fused-ring (bicyclic) bond motifs is 1. The maximum atomic E-state index is 4.56. The van der Waals surface area contributed by atoms with Gasteiger partial charge in [-0.05, 0) is 55.0 Å². The van der Waals surface area contributed by atoms with Gasteiger partial charge in [-0.15, -0.1) is 0 Å². The molecule has 0 spiro atoms. The maximum Gasteiger partial charge on any atom is 0.128 e. The van der Waals surface area contributed by atoms with Crippen LogP contribution in [-0.4, -0.2) is 24.6 Å². The summed E-state index contributed by atoms with van der Waals surface area (Å²) in [6.07, 6.45) is 6.90. The molecule has 0 unspecified atom stereocenters. The number of nitrogens with zero attached hydrogens (tertiary/aromatic N) is 2. The fraction of sp³-hybridized carbons (Fsp3) is 0.450. The third-order valence-corrected chi connectivity index (χ3v) is 5.11. The molecule has 4 nitrogen and oxygen atoms in total. The fourth-order valence-corrected chi connectivity index (χ4v) is 3.79. The molecule has 0 radical (unpaired) electrons. The molecule has 3 heterocycles. The lowest BCUT2D eigenvalue weighted by atomic mass is 10.0. The van der Waals surface area contributed by atoms with E-state index in [1.807, 2.05) is 6.20 Å². The zero-order valence-electron chi connectivity index (χ0n) is 14.2. The van der Waals surface area contributed by atoms with Crippen LogP contribution in [0.3, 0.4) is 0 Å². The number of pyridine rings is 1. The molecule has 4 heteroatoms. The van der Waals surface area contributed by atoms with Crippen molar-refractivity contribution in [2.45, 2.75) is 38.3 Å². The van der Waals surface area contributed by atoms with E-state index in [9.17, 15) is 0 Å². The van der Waals surface area contributed by atoms with E-state index in [2.05, 4.69) is 56.9 Å². The topological polar surface area (TPSA) is 40.2 Å². The van der Waals surface area contributed by atoms with Gasteiger partial charge in [-0.1, -0.05) is 18.2 Å². The summed E-state index contributed by atoms with van der Waals surface area (Å²) in [7, 11) is 0. The molecule has 1 aromatic heterocycles. The second-order valence-corrected chi connectivity index (χ2v) is 6.81. The lowest BCUT2D eigenvalue weighted by molar-refractivity contribution is 0.497. The van der Waals surface area contributed by atoms with Gasteiger partial charge in [-0.2, -0.15) is 0 Å². The number of para-hydroxylation sites is 1. The molecule has 2 aliphatic rings. The lowest BCUT2D eigenvalue weighted by Gasteiger charge is -2.20. The third-order valence-electron chi connectivity index (χ3n) is 5.11. The van der Waals surface area contributed by atoms with Crippen molar-refractivity contribution in [2.24, 2.45) is 0 Å². The fourth-order valence-electron chi connectivity index (χ4n) is 3.79. The SMILES string of the molecule is c1ccc2c(c1)NCCC[C@@H]2NCc1ccnc(N2CCCC2)c1. The van der Waals surface area contributed by atoms with Crippen molar-refractivity contribution < 1.29 is 0 Å². The third kappa shape index (κ3) is 3.39. The van der Waals surface area contributed by atoms with Crippen LogP contribution in [0.15, 0.2) is 42.6 Å². The standard InChI is InChI=1S/C20H26N4/c1-2-7-18-17(6-1)19(8-5-10-21-18)23-15-16-9-11-22-20(14-16)24-12-3-4-13-24/h1-2,6-7,9,11,14,19,21,23H,3-5,8,10,12-13,15H2/t19-/m0/s1. The smallest absolute Gasteiger partial charge is 0.128 e. The average molecular weight is 322 g/mol. The monoisotopic (exact) mass is 322 g/mol. The number of hydrogen-bond donors (Lipinski definition) is 2. The molecule has 1 saturated heterocycles. The first-order valence-electron chi connectivity index (χ1n) is 9.16. The van der Waals surface area contributed by atoms with Gasteiger partial charge < -0.3 is 15.5 Å². The van der Waals surface area contributed by atoms with Crippen LogP contribution in [0.5, 0.6) is 0 Å². The van der Waals surface area contributed by atoms with Gasteiger partial charge in [0, 0.05) is 44.1 Å². The summed E-state index contributed by atoms with van der Waals surface area (Å²) in [5.41, 5.74) is 3.99. The van der Waals surface area contributed by atoms with Crippen molar-refractivity contribution in [1.29, 1.82) is 0 Å². The van der Waals surface area contributed by atoms with Gasteiger partial charge in [0.15, 0.2) is 0 Å². The van der Waals surface area contributed by atoms with Gasteiger partial charge in [0.1, 0.15) is 5.82 Å². The van der Waals surface area contributed by atoms with E-state index in [1.54, 1.807) is 0 Å². The summed E-state index contributed by atoms with van der Waals surface area (Å²) in [5.74, 6) is 1.13. The zero-order chi connectivity index (χ0) is 16.2. The van der Waals surface area contributed by atoms with Crippen molar-refractivity contribution in [3.05, 3.63) is 53.7 Å². The maximum absolute atomic E-state index is 4.56. The first-order valence-corrected chi connectivity index (χ1v) is 9.16. The van der Waals surface area contributed by atoms with Crippen LogP contribution < -0.4 is 15.5 Å². The molecule has 4 rings (SSSR count). The van der Waals surface area contributed by atoms with Gasteiger partial charge in [0.05, 0.1) is 0 Å². The van der Waals surface area contributed by atoms with Crippen LogP contribution in [-0.2, 0) is 6.54 Å². The van der Waals surface area contributed by atoms with Gasteiger partial charge in [-0.3, -0.25) is 0 Å². The van der Waals surface area contributed by atoms with Crippen LogP contribution in [0, 0.1) is 0 Å². The second kappa shape index (κ2) is 7.22. The molecule has 1 fully saturated rings. The van der Waals surface area contributed by atoms with Crippen LogP contribution in [0.4, 0.5) is 11.5 Å². The predicted molar refractivity (Wildman–Crippen MR) is 99.4 cm³/mol. The molecule has 0 bridgehead atoms. The Morgan fingerprint density at radius 1 is 1.12 bits per heavy atom. The van der Waals surface area contributed by atoms with Gasteiger partial charge in [-0.25, -0.2) is 4.98 Å². The quantitative estimate of drug-likeness (QED) is 0.900. The summed E-state index contributed by atoms with van der Waals surface area (Å²) in [4.78, 5) is 6.95. The summed E-state index contributed by atoms with van der Waals surface area (Å²) < 4.78 is 0. The van der Waals surface area contributed by atoms with E-state index in [4.69, 9.17) is 0 Å². The van der Waals surface area contributed by atoms with E-state index < -0.39 is 0 Å². The van der Waals surface area contributed by atoms with Crippen LogP contribution in [0.1, 0.15) is 42.9 Å². The Labute approximate surface area is 144 Å². The Hall–Kier alpha value is -2.07. The number of nitrogens with one attached hydrogen (secondary N) is 2. The average Bonchev–Trinajstić information content (AvgIpc) is 3.09. The first-order chi connectivity index (χ1) is 11.9. The van der Waals surface area contributed by atoms with Crippen molar-refractivity contribution in [3.8, 4) is 0 Å². The van der Waals surface area contributed by atoms with E-state index in [0.717, 1.165) is 32.0 Å². The second-order valence-electron chi connectivity index (χ2n) is 6.81. The number of aromatic nitrogens is 1. The Morgan fingerprint density at radius 2 is 2.00 bits per heavy atom. The molecule has 0 amide bonds. The molecule has 0 saturated carbocycles. The molecular formula is C20H26N4. The highest BCUT2D eigenvalue weighted by Crippen LogP contribution is 2.29. The van der Waals surface area contributed by atoms with E-state index in [1.165, 1.54) is 42.5 Å². The molecular weight excluding hydrogens is 296 g/mol. The molecule has 126 valence electrons. The van der Waals surface area contributed by atoms with Gasteiger partial charge >= 0.3 is 0 Å². The minimum atomic E-state index is 0.416. The number of rotatable bonds is 4. The zero-order valence-corrected chi connectivity index (χ0v) is 14.2. The Kier molecular flexibility index (Phi) is 4.65. The predicted octanol–water partition coefficient (Wildman–Crippen LogP) is 3.72. The van der Waals surface area contributed by atoms with E-state index in [0.29, 0.717) is 6.04 Å². The summed E-state index contributed by atoms with van der Waals surface area (Å²) >= 11 is 0. The van der Waals surface area contributed by atoms with Crippen LogP contribution in [0.25, 0.3) is 0 Å². The van der Waals surface area contributed by atoms with Crippen molar-refractivity contribution in [3.63, 3.8) is 0 Å². The number of hydrogen-bond acceptors (Lipinski definition) is 4. The molecule has 1 atom stereocenters. The normalized spacial score (nSPS) is 20.3. The summed E-state index contributed by atoms with van der Waals surface area (Å²) in [6, 6.07) is 13.5. The Balaban J connectivity index is 1.46. The highest BCUT2D eigenvalue weighted by atomic mass is 15.2. The molecule has 2 aliphatic heterocycles.